The van der Waals surface area contributed by atoms with Gasteiger partial charge in [-0.3, -0.25) is 0 Å². The minimum absolute atomic E-state index is 0.0604. The largest absolute Gasteiger partial charge is 0.444 e. The maximum absolute atomic E-state index is 11.4. The van der Waals surface area contributed by atoms with Gasteiger partial charge in [0.25, 0.3) is 0 Å². The molecule has 1 aromatic rings. The van der Waals surface area contributed by atoms with E-state index >= 15 is 0 Å². The van der Waals surface area contributed by atoms with Crippen LogP contribution in [0.5, 0.6) is 0 Å². The Morgan fingerprint density at radius 3 is 2.70 bits per heavy atom. The third-order valence-electron chi connectivity index (χ3n) is 2.48. The van der Waals surface area contributed by atoms with Gasteiger partial charge in [-0.05, 0) is 47.6 Å². The lowest BCUT2D eigenvalue weighted by atomic mass is 10.2. The van der Waals surface area contributed by atoms with Crippen molar-refractivity contribution in [2.75, 3.05) is 13.1 Å². The molecular weight excluding hydrogens is 258 g/mol. The van der Waals surface area contributed by atoms with Gasteiger partial charge >= 0.3 is 6.09 Å². The first kappa shape index (κ1) is 16.5. The van der Waals surface area contributed by atoms with Gasteiger partial charge in [-0.1, -0.05) is 0 Å². The molecule has 2 N–H and O–H groups in total. The summed E-state index contributed by atoms with van der Waals surface area (Å²) in [6, 6.07) is 0.0604. The Labute approximate surface area is 120 Å². The molecule has 1 heterocycles. The number of nitrogens with one attached hydrogen (secondary N) is 2. The van der Waals surface area contributed by atoms with Crippen LogP contribution in [0, 0.1) is 6.92 Å². The van der Waals surface area contributed by atoms with Gasteiger partial charge in [-0.25, -0.2) is 9.78 Å². The monoisotopic (exact) mass is 283 g/mol. The number of hydrogen-bond donors (Lipinski definition) is 2. The first-order chi connectivity index (χ1) is 9.28. The van der Waals surface area contributed by atoms with Crippen molar-refractivity contribution in [2.45, 2.75) is 52.7 Å². The van der Waals surface area contributed by atoms with Gasteiger partial charge in [0, 0.05) is 6.54 Å². The second-order valence-electron chi connectivity index (χ2n) is 5.77. The maximum atomic E-state index is 11.4. The van der Waals surface area contributed by atoms with Crippen LogP contribution in [0.25, 0.3) is 0 Å². The number of rotatable bonds is 6. The molecule has 0 radical (unpaired) electrons. The van der Waals surface area contributed by atoms with Gasteiger partial charge in [0.2, 0.25) is 5.89 Å². The number of aromatic nitrogens is 1. The average Bonchev–Trinajstić information content (AvgIpc) is 2.73. The highest BCUT2D eigenvalue weighted by molar-refractivity contribution is 5.67. The van der Waals surface area contributed by atoms with Crippen LogP contribution in [0.15, 0.2) is 10.6 Å². The Hall–Kier alpha value is -1.56. The molecule has 0 aliphatic heterocycles. The molecule has 1 amide bonds. The van der Waals surface area contributed by atoms with E-state index in [1.807, 2.05) is 34.6 Å². The third-order valence-corrected chi connectivity index (χ3v) is 2.48. The molecule has 20 heavy (non-hydrogen) atoms. The molecule has 6 heteroatoms. The normalized spacial score (nSPS) is 13.1. The summed E-state index contributed by atoms with van der Waals surface area (Å²) in [6.07, 6.45) is 2.13. The van der Waals surface area contributed by atoms with Crippen LogP contribution in [0.4, 0.5) is 4.79 Å². The molecule has 0 spiro atoms. The summed E-state index contributed by atoms with van der Waals surface area (Å²) in [6.45, 7) is 10.7. The summed E-state index contributed by atoms with van der Waals surface area (Å²) in [5, 5.41) is 6.00. The first-order valence-corrected chi connectivity index (χ1v) is 6.90. The van der Waals surface area contributed by atoms with Crippen molar-refractivity contribution < 1.29 is 13.9 Å². The number of carbonyl (C=O) groups excluding carboxylic acids is 1. The Bertz CT molecular complexity index is 424. The quantitative estimate of drug-likeness (QED) is 0.785. The molecule has 0 aromatic carbocycles. The van der Waals surface area contributed by atoms with E-state index in [-0.39, 0.29) is 12.1 Å². The van der Waals surface area contributed by atoms with Crippen molar-refractivity contribution in [3.05, 3.63) is 17.8 Å². The SMILES string of the molecule is Cc1cnc(C(C)NCCCNC(=O)OC(C)(C)C)o1. The van der Waals surface area contributed by atoms with E-state index in [0.717, 1.165) is 18.7 Å². The van der Waals surface area contributed by atoms with Crippen LogP contribution in [0.1, 0.15) is 51.8 Å². The number of oxazole rings is 1. The molecule has 6 nitrogen and oxygen atoms in total. The highest BCUT2D eigenvalue weighted by Gasteiger charge is 2.15. The number of nitrogens with zero attached hydrogens (tertiary/aromatic N) is 1. The van der Waals surface area contributed by atoms with Crippen LogP contribution in [0.3, 0.4) is 0 Å². The van der Waals surface area contributed by atoms with Crippen LogP contribution >= 0.6 is 0 Å². The summed E-state index contributed by atoms with van der Waals surface area (Å²) < 4.78 is 10.6. The zero-order valence-corrected chi connectivity index (χ0v) is 12.9. The Kier molecular flexibility index (Phi) is 6.01. The number of carbonyl (C=O) groups is 1. The Balaban J connectivity index is 2.12. The van der Waals surface area contributed by atoms with Crippen molar-refractivity contribution in [1.82, 2.24) is 15.6 Å². The lowest BCUT2D eigenvalue weighted by Gasteiger charge is -2.19. The molecular formula is C14H25N3O3. The minimum atomic E-state index is -0.459. The molecule has 114 valence electrons. The zero-order valence-electron chi connectivity index (χ0n) is 12.9. The summed E-state index contributed by atoms with van der Waals surface area (Å²) in [5.74, 6) is 1.49. The van der Waals surface area contributed by atoms with Gasteiger partial charge in [0.1, 0.15) is 11.4 Å². The van der Waals surface area contributed by atoms with Crippen molar-refractivity contribution in [2.24, 2.45) is 0 Å². The van der Waals surface area contributed by atoms with Gasteiger partial charge < -0.3 is 19.8 Å². The van der Waals surface area contributed by atoms with E-state index in [9.17, 15) is 4.79 Å². The smallest absolute Gasteiger partial charge is 0.407 e. The molecule has 0 saturated carbocycles. The third kappa shape index (κ3) is 6.56. The van der Waals surface area contributed by atoms with E-state index in [1.165, 1.54) is 0 Å². The zero-order chi connectivity index (χ0) is 15.2. The topological polar surface area (TPSA) is 76.4 Å². The van der Waals surface area contributed by atoms with E-state index < -0.39 is 5.60 Å². The fourth-order valence-electron chi connectivity index (χ4n) is 1.57. The van der Waals surface area contributed by atoms with E-state index in [4.69, 9.17) is 9.15 Å². The summed E-state index contributed by atoms with van der Waals surface area (Å²) in [5.41, 5.74) is -0.459. The standard InChI is InChI=1S/C14H25N3O3/c1-10-9-17-12(19-10)11(2)15-7-6-8-16-13(18)20-14(3,4)5/h9,11,15H,6-8H2,1-5H3,(H,16,18). The maximum Gasteiger partial charge on any atom is 0.407 e. The lowest BCUT2D eigenvalue weighted by Crippen LogP contribution is -2.34. The van der Waals surface area contributed by atoms with Crippen LogP contribution in [0.2, 0.25) is 0 Å². The Morgan fingerprint density at radius 2 is 2.15 bits per heavy atom. The summed E-state index contributed by atoms with van der Waals surface area (Å²) >= 11 is 0. The number of ether oxygens (including phenoxy) is 1. The fraction of sp³-hybridized carbons (Fsp3) is 0.714. The van der Waals surface area contributed by atoms with Gasteiger partial charge in [0.05, 0.1) is 12.2 Å². The van der Waals surface area contributed by atoms with Crippen LogP contribution in [-0.4, -0.2) is 29.8 Å². The molecule has 1 atom stereocenters. The van der Waals surface area contributed by atoms with Crippen molar-refractivity contribution in [3.8, 4) is 0 Å². The highest BCUT2D eigenvalue weighted by atomic mass is 16.6. The highest BCUT2D eigenvalue weighted by Crippen LogP contribution is 2.11. The Morgan fingerprint density at radius 1 is 1.45 bits per heavy atom. The van der Waals surface area contributed by atoms with Crippen molar-refractivity contribution >= 4 is 6.09 Å². The van der Waals surface area contributed by atoms with E-state index in [0.29, 0.717) is 12.4 Å². The molecule has 0 bridgehead atoms. The number of aryl methyl sites for hydroxylation is 1. The number of alkyl carbamates (subject to hydrolysis) is 1. The lowest BCUT2D eigenvalue weighted by molar-refractivity contribution is 0.0527. The second-order valence-corrected chi connectivity index (χ2v) is 5.77. The van der Waals surface area contributed by atoms with Crippen molar-refractivity contribution in [3.63, 3.8) is 0 Å². The molecule has 1 rings (SSSR count). The average molecular weight is 283 g/mol. The molecule has 0 aliphatic carbocycles. The molecule has 1 aromatic heterocycles. The molecule has 1 unspecified atom stereocenters. The fourth-order valence-corrected chi connectivity index (χ4v) is 1.57. The van der Waals surface area contributed by atoms with Crippen LogP contribution < -0.4 is 10.6 Å². The predicted molar refractivity (Wildman–Crippen MR) is 76.5 cm³/mol. The van der Waals surface area contributed by atoms with Gasteiger partial charge in [0.15, 0.2) is 0 Å². The van der Waals surface area contributed by atoms with Gasteiger partial charge in [-0.15, -0.1) is 0 Å². The van der Waals surface area contributed by atoms with Crippen molar-refractivity contribution in [1.29, 1.82) is 0 Å². The van der Waals surface area contributed by atoms with Gasteiger partial charge in [-0.2, -0.15) is 0 Å². The number of amides is 1. The second kappa shape index (κ2) is 7.28. The minimum Gasteiger partial charge on any atom is -0.444 e. The summed E-state index contributed by atoms with van der Waals surface area (Å²) in [4.78, 5) is 15.6. The molecule has 0 saturated heterocycles. The molecule has 0 fully saturated rings. The van der Waals surface area contributed by atoms with E-state index in [1.54, 1.807) is 6.20 Å². The first-order valence-electron chi connectivity index (χ1n) is 6.90. The van der Waals surface area contributed by atoms with Crippen LogP contribution in [-0.2, 0) is 4.74 Å². The molecule has 0 aliphatic rings. The predicted octanol–water partition coefficient (Wildman–Crippen LogP) is 2.55. The summed E-state index contributed by atoms with van der Waals surface area (Å²) in [7, 11) is 0. The van der Waals surface area contributed by atoms with E-state index in [2.05, 4.69) is 15.6 Å². The number of hydrogen-bond acceptors (Lipinski definition) is 5.